The highest BCUT2D eigenvalue weighted by Gasteiger charge is 2.14. The Labute approximate surface area is 101 Å². The quantitative estimate of drug-likeness (QED) is 0.913. The average molecular weight is 281 g/mol. The highest BCUT2D eigenvalue weighted by atomic mass is 79.9. The molecule has 0 radical (unpaired) electrons. The van der Waals surface area contributed by atoms with E-state index in [0.717, 1.165) is 0 Å². The van der Waals surface area contributed by atoms with Crippen molar-refractivity contribution in [2.75, 3.05) is 5.32 Å². The molecule has 2 aromatic heterocycles. The molecule has 0 bridgehead atoms. The van der Waals surface area contributed by atoms with E-state index in [1.807, 2.05) is 0 Å². The molecular weight excluding hydrogens is 272 g/mol. The number of pyridine rings is 1. The lowest BCUT2D eigenvalue weighted by Crippen LogP contribution is -2.16. The second-order valence-corrected chi connectivity index (χ2v) is 4.01. The first-order valence-electron chi connectivity index (χ1n) is 4.57. The number of aromatic nitrogens is 3. The number of anilines is 1. The summed E-state index contributed by atoms with van der Waals surface area (Å²) in [6.45, 7) is 0. The molecule has 0 fully saturated rings. The SMILES string of the molecule is Cn1ncc(Br)c1C(=O)Nc1ccncc1. The lowest BCUT2D eigenvalue weighted by molar-refractivity contribution is 0.101. The van der Waals surface area contributed by atoms with Crippen molar-refractivity contribution in [3.05, 3.63) is 40.9 Å². The number of hydrogen-bond donors (Lipinski definition) is 1. The van der Waals surface area contributed by atoms with Crippen molar-refractivity contribution in [1.82, 2.24) is 14.8 Å². The van der Waals surface area contributed by atoms with Crippen LogP contribution in [0.1, 0.15) is 10.5 Å². The third kappa shape index (κ3) is 2.11. The van der Waals surface area contributed by atoms with Crippen molar-refractivity contribution < 1.29 is 4.79 Å². The molecule has 0 saturated carbocycles. The molecule has 0 aliphatic heterocycles. The zero-order valence-electron chi connectivity index (χ0n) is 8.51. The molecule has 0 aromatic carbocycles. The summed E-state index contributed by atoms with van der Waals surface area (Å²) in [6.07, 6.45) is 4.82. The molecule has 2 rings (SSSR count). The third-order valence-electron chi connectivity index (χ3n) is 2.05. The minimum Gasteiger partial charge on any atom is -0.321 e. The Morgan fingerprint density at radius 1 is 1.44 bits per heavy atom. The summed E-state index contributed by atoms with van der Waals surface area (Å²) in [6, 6.07) is 3.45. The number of nitrogens with zero attached hydrogens (tertiary/aromatic N) is 3. The number of carbonyl (C=O) groups is 1. The van der Waals surface area contributed by atoms with Crippen LogP contribution in [0.15, 0.2) is 35.2 Å². The normalized spacial score (nSPS) is 10.1. The molecule has 0 spiro atoms. The van der Waals surface area contributed by atoms with Crippen molar-refractivity contribution >= 4 is 27.5 Å². The zero-order chi connectivity index (χ0) is 11.5. The van der Waals surface area contributed by atoms with Gasteiger partial charge < -0.3 is 5.32 Å². The van der Waals surface area contributed by atoms with Gasteiger partial charge in [0.25, 0.3) is 5.91 Å². The van der Waals surface area contributed by atoms with Crippen LogP contribution >= 0.6 is 15.9 Å². The minimum absolute atomic E-state index is 0.210. The van der Waals surface area contributed by atoms with Gasteiger partial charge in [-0.25, -0.2) is 0 Å². The topological polar surface area (TPSA) is 59.8 Å². The highest BCUT2D eigenvalue weighted by Crippen LogP contribution is 2.16. The second-order valence-electron chi connectivity index (χ2n) is 3.15. The summed E-state index contributed by atoms with van der Waals surface area (Å²) in [5.41, 5.74) is 1.19. The first-order chi connectivity index (χ1) is 7.68. The molecule has 2 heterocycles. The molecule has 5 nitrogen and oxygen atoms in total. The number of aryl methyl sites for hydroxylation is 1. The monoisotopic (exact) mass is 280 g/mol. The van der Waals surface area contributed by atoms with Crippen molar-refractivity contribution in [3.8, 4) is 0 Å². The van der Waals surface area contributed by atoms with Gasteiger partial charge in [0, 0.05) is 25.1 Å². The zero-order valence-corrected chi connectivity index (χ0v) is 10.1. The number of carbonyl (C=O) groups excluding carboxylic acids is 1. The summed E-state index contributed by atoms with van der Waals surface area (Å²) in [5.74, 6) is -0.210. The van der Waals surface area contributed by atoms with Gasteiger partial charge in [-0.2, -0.15) is 5.10 Å². The maximum atomic E-state index is 11.9. The van der Waals surface area contributed by atoms with E-state index < -0.39 is 0 Å². The Balaban J connectivity index is 2.22. The molecule has 0 aliphatic rings. The highest BCUT2D eigenvalue weighted by molar-refractivity contribution is 9.10. The fourth-order valence-corrected chi connectivity index (χ4v) is 1.82. The van der Waals surface area contributed by atoms with E-state index in [1.54, 1.807) is 37.8 Å². The van der Waals surface area contributed by atoms with Crippen molar-refractivity contribution in [1.29, 1.82) is 0 Å². The summed E-state index contributed by atoms with van der Waals surface area (Å²) >= 11 is 3.27. The van der Waals surface area contributed by atoms with Crippen LogP contribution < -0.4 is 5.32 Å². The Kier molecular flexibility index (Phi) is 3.00. The fraction of sp³-hybridized carbons (Fsp3) is 0.100. The van der Waals surface area contributed by atoms with Gasteiger partial charge in [0.15, 0.2) is 0 Å². The van der Waals surface area contributed by atoms with Crippen molar-refractivity contribution in [2.45, 2.75) is 0 Å². The van der Waals surface area contributed by atoms with Crippen LogP contribution in [0.3, 0.4) is 0 Å². The molecule has 6 heteroatoms. The lowest BCUT2D eigenvalue weighted by Gasteiger charge is -2.05. The summed E-state index contributed by atoms with van der Waals surface area (Å²) in [7, 11) is 1.71. The molecule has 16 heavy (non-hydrogen) atoms. The average Bonchev–Trinajstić information content (AvgIpc) is 2.60. The lowest BCUT2D eigenvalue weighted by atomic mass is 10.3. The molecule has 0 saturated heterocycles. The van der Waals surface area contributed by atoms with Gasteiger partial charge in [0.05, 0.1) is 10.7 Å². The largest absolute Gasteiger partial charge is 0.321 e. The summed E-state index contributed by atoms with van der Waals surface area (Å²) < 4.78 is 2.18. The molecule has 1 amide bonds. The van der Waals surface area contributed by atoms with E-state index in [0.29, 0.717) is 15.9 Å². The smallest absolute Gasteiger partial charge is 0.275 e. The van der Waals surface area contributed by atoms with E-state index >= 15 is 0 Å². The molecule has 2 aromatic rings. The van der Waals surface area contributed by atoms with Gasteiger partial charge in [0.2, 0.25) is 0 Å². The van der Waals surface area contributed by atoms with Crippen LogP contribution in [0.5, 0.6) is 0 Å². The number of amides is 1. The van der Waals surface area contributed by atoms with Gasteiger partial charge >= 0.3 is 0 Å². The maximum Gasteiger partial charge on any atom is 0.275 e. The van der Waals surface area contributed by atoms with Gasteiger partial charge in [-0.1, -0.05) is 0 Å². The second kappa shape index (κ2) is 4.44. The van der Waals surface area contributed by atoms with Crippen LogP contribution in [-0.4, -0.2) is 20.7 Å². The van der Waals surface area contributed by atoms with Gasteiger partial charge in [-0.05, 0) is 28.1 Å². The summed E-state index contributed by atoms with van der Waals surface area (Å²) in [5, 5.41) is 6.73. The van der Waals surface area contributed by atoms with Crippen LogP contribution in [0, 0.1) is 0 Å². The van der Waals surface area contributed by atoms with Crippen LogP contribution in [0.4, 0.5) is 5.69 Å². The fourth-order valence-electron chi connectivity index (χ4n) is 1.29. The van der Waals surface area contributed by atoms with E-state index in [4.69, 9.17) is 0 Å². The predicted octanol–water partition coefficient (Wildman–Crippen LogP) is 1.83. The number of nitrogens with one attached hydrogen (secondary N) is 1. The number of hydrogen-bond acceptors (Lipinski definition) is 3. The van der Waals surface area contributed by atoms with E-state index in [9.17, 15) is 4.79 Å². The van der Waals surface area contributed by atoms with E-state index in [1.165, 1.54) is 4.68 Å². The molecule has 0 unspecified atom stereocenters. The van der Waals surface area contributed by atoms with Gasteiger partial charge in [-0.15, -0.1) is 0 Å². The Hall–Kier alpha value is -1.69. The number of rotatable bonds is 2. The molecule has 0 aliphatic carbocycles. The van der Waals surface area contributed by atoms with Crippen LogP contribution in [-0.2, 0) is 7.05 Å². The first-order valence-corrected chi connectivity index (χ1v) is 5.36. The molecule has 82 valence electrons. The van der Waals surface area contributed by atoms with E-state index in [2.05, 4.69) is 31.3 Å². The van der Waals surface area contributed by atoms with E-state index in [-0.39, 0.29) is 5.91 Å². The Morgan fingerprint density at radius 2 is 2.12 bits per heavy atom. The van der Waals surface area contributed by atoms with Crippen molar-refractivity contribution in [2.24, 2.45) is 7.05 Å². The minimum atomic E-state index is -0.210. The van der Waals surface area contributed by atoms with Gasteiger partial charge in [0.1, 0.15) is 5.69 Å². The van der Waals surface area contributed by atoms with Crippen molar-refractivity contribution in [3.63, 3.8) is 0 Å². The standard InChI is InChI=1S/C10H9BrN4O/c1-15-9(8(11)6-13-15)10(16)14-7-2-4-12-5-3-7/h2-6H,1H3,(H,12,14,16). The van der Waals surface area contributed by atoms with Gasteiger partial charge in [-0.3, -0.25) is 14.5 Å². The predicted molar refractivity (Wildman–Crippen MR) is 63.1 cm³/mol. The first kappa shape index (κ1) is 10.8. The summed E-state index contributed by atoms with van der Waals surface area (Å²) in [4.78, 5) is 15.8. The third-order valence-corrected chi connectivity index (χ3v) is 2.63. The Bertz CT molecular complexity index is 489. The molecular formula is C10H9BrN4O. The Morgan fingerprint density at radius 3 is 2.69 bits per heavy atom. The maximum absolute atomic E-state index is 11.9. The van der Waals surface area contributed by atoms with Crippen LogP contribution in [0.2, 0.25) is 0 Å². The molecule has 1 N–H and O–H groups in total. The number of halogens is 1. The van der Waals surface area contributed by atoms with Crippen LogP contribution in [0.25, 0.3) is 0 Å². The molecule has 0 atom stereocenters.